The monoisotopic (exact) mass is 408 g/mol. The molecule has 12 heteroatoms. The van der Waals surface area contributed by atoms with Crippen LogP contribution in [0, 0.1) is 0 Å². The van der Waals surface area contributed by atoms with E-state index >= 15 is 0 Å². The van der Waals surface area contributed by atoms with Crippen LogP contribution in [0.2, 0.25) is 0 Å². The Morgan fingerprint density at radius 2 is 1.38 bits per heavy atom. The second-order valence-corrected chi connectivity index (χ2v) is 5.77. The maximum Gasteiger partial charge on any atom is 0.328 e. The van der Waals surface area contributed by atoms with Crippen molar-refractivity contribution in [3.8, 4) is 34.5 Å². The van der Waals surface area contributed by atoms with Gasteiger partial charge in [-0.2, -0.15) is 0 Å². The van der Waals surface area contributed by atoms with E-state index in [0.717, 1.165) is 24.3 Å². The van der Waals surface area contributed by atoms with E-state index in [9.17, 15) is 50.1 Å². The van der Waals surface area contributed by atoms with Gasteiger partial charge < -0.3 is 46.4 Å². The molecule has 12 nitrogen and oxygen atoms in total. The molecule has 29 heavy (non-hydrogen) atoms. The number of hydrogen-bond donors (Lipinski definition) is 9. The van der Waals surface area contributed by atoms with Crippen molar-refractivity contribution in [2.24, 2.45) is 0 Å². The van der Waals surface area contributed by atoms with Gasteiger partial charge >= 0.3 is 5.97 Å². The lowest BCUT2D eigenvalue weighted by atomic mass is 10.1. The predicted molar refractivity (Wildman–Crippen MR) is 94.1 cm³/mol. The summed E-state index contributed by atoms with van der Waals surface area (Å²) in [4.78, 5) is 35.6. The van der Waals surface area contributed by atoms with Crippen LogP contribution in [0.4, 0.5) is 0 Å². The van der Waals surface area contributed by atoms with Crippen LogP contribution in [-0.4, -0.2) is 66.1 Å². The smallest absolute Gasteiger partial charge is 0.328 e. The molecule has 9 N–H and O–H groups in total. The third-order valence-electron chi connectivity index (χ3n) is 3.78. The van der Waals surface area contributed by atoms with Crippen LogP contribution < -0.4 is 10.6 Å². The standard InChI is InChI=1S/C17H16N2O10/c20-9-2-1-7(12(23)14(9)25)16(27)18-5-8(17(28)29)19-15(26)6-3-10(21)13(24)11(22)4-6/h1-4,8,20-25H,5H2,(H,18,27)(H,19,26)(H,28,29)/t8-/m0/s1. The van der Waals surface area contributed by atoms with Gasteiger partial charge in [-0.25, -0.2) is 4.79 Å². The minimum Gasteiger partial charge on any atom is -0.504 e. The molecule has 0 radical (unpaired) electrons. The Kier molecular flexibility index (Phi) is 5.87. The summed E-state index contributed by atoms with van der Waals surface area (Å²) in [5, 5.41) is 69.8. The first-order chi connectivity index (χ1) is 13.5. The second-order valence-electron chi connectivity index (χ2n) is 5.77. The molecular formula is C17H16N2O10. The highest BCUT2D eigenvalue weighted by Crippen LogP contribution is 2.37. The molecule has 0 fully saturated rings. The van der Waals surface area contributed by atoms with Gasteiger partial charge in [-0.05, 0) is 24.3 Å². The number of carboxylic acids is 1. The molecule has 2 aromatic carbocycles. The minimum absolute atomic E-state index is 0.364. The fourth-order valence-corrected chi connectivity index (χ4v) is 2.22. The van der Waals surface area contributed by atoms with E-state index in [4.69, 9.17) is 0 Å². The third-order valence-corrected chi connectivity index (χ3v) is 3.78. The van der Waals surface area contributed by atoms with Crippen molar-refractivity contribution in [2.45, 2.75) is 6.04 Å². The maximum absolute atomic E-state index is 12.1. The van der Waals surface area contributed by atoms with Crippen LogP contribution in [0.15, 0.2) is 24.3 Å². The van der Waals surface area contributed by atoms with Crippen molar-refractivity contribution < 1.29 is 50.1 Å². The van der Waals surface area contributed by atoms with Gasteiger partial charge in [-0.1, -0.05) is 0 Å². The number of aliphatic carboxylic acids is 1. The molecule has 1 atom stereocenters. The van der Waals surface area contributed by atoms with Crippen LogP contribution in [0.3, 0.4) is 0 Å². The average Bonchev–Trinajstić information content (AvgIpc) is 2.66. The Morgan fingerprint density at radius 1 is 0.793 bits per heavy atom. The second kappa shape index (κ2) is 8.12. The van der Waals surface area contributed by atoms with Crippen molar-refractivity contribution in [1.82, 2.24) is 10.6 Å². The number of benzene rings is 2. The van der Waals surface area contributed by atoms with Crippen molar-refractivity contribution in [3.05, 3.63) is 35.4 Å². The van der Waals surface area contributed by atoms with Gasteiger partial charge in [0.25, 0.3) is 11.8 Å². The Morgan fingerprint density at radius 3 is 1.93 bits per heavy atom. The molecule has 0 spiro atoms. The summed E-state index contributed by atoms with van der Waals surface area (Å²) in [6.07, 6.45) is 0. The third kappa shape index (κ3) is 4.50. The van der Waals surface area contributed by atoms with Gasteiger partial charge in [-0.15, -0.1) is 0 Å². The summed E-state index contributed by atoms with van der Waals surface area (Å²) in [6, 6.07) is 1.84. The molecule has 0 saturated carbocycles. The minimum atomic E-state index is -1.66. The van der Waals surface area contributed by atoms with Gasteiger partial charge in [-0.3, -0.25) is 9.59 Å². The number of phenols is 6. The van der Waals surface area contributed by atoms with Crippen LogP contribution in [0.5, 0.6) is 34.5 Å². The van der Waals surface area contributed by atoms with Crippen molar-refractivity contribution in [2.75, 3.05) is 6.54 Å². The Balaban J connectivity index is 2.11. The lowest BCUT2D eigenvalue weighted by molar-refractivity contribution is -0.139. The first-order valence-electron chi connectivity index (χ1n) is 7.83. The number of rotatable bonds is 6. The average molecular weight is 408 g/mol. The summed E-state index contributed by atoms with van der Waals surface area (Å²) in [6.45, 7) is -0.642. The molecule has 0 aromatic heterocycles. The topological polar surface area (TPSA) is 217 Å². The van der Waals surface area contributed by atoms with Crippen LogP contribution in [0.1, 0.15) is 20.7 Å². The van der Waals surface area contributed by atoms with Crippen LogP contribution in [-0.2, 0) is 4.79 Å². The van der Waals surface area contributed by atoms with Gasteiger partial charge in [0.15, 0.2) is 28.7 Å². The number of amides is 2. The lowest BCUT2D eigenvalue weighted by Gasteiger charge is -2.16. The highest BCUT2D eigenvalue weighted by molar-refractivity contribution is 5.99. The SMILES string of the molecule is O=C(N[C@@H](CNC(=O)c1ccc(O)c(O)c1O)C(=O)O)c1cc(O)c(O)c(O)c1. The number of aromatic hydroxyl groups is 6. The maximum atomic E-state index is 12.1. The predicted octanol–water partition coefficient (Wildman–Crippen LogP) is -0.467. The van der Waals surface area contributed by atoms with E-state index in [0.29, 0.717) is 0 Å². The van der Waals surface area contributed by atoms with Gasteiger partial charge in [0.2, 0.25) is 5.75 Å². The molecular weight excluding hydrogens is 392 g/mol. The highest BCUT2D eigenvalue weighted by atomic mass is 16.4. The Labute approximate surface area is 161 Å². The molecule has 0 unspecified atom stereocenters. The molecule has 0 saturated heterocycles. The normalized spacial score (nSPS) is 11.4. The van der Waals surface area contributed by atoms with Gasteiger partial charge in [0, 0.05) is 12.1 Å². The van der Waals surface area contributed by atoms with Gasteiger partial charge in [0.1, 0.15) is 6.04 Å². The zero-order chi connectivity index (χ0) is 21.9. The molecule has 0 heterocycles. The summed E-state index contributed by atoms with van der Waals surface area (Å²) in [5.41, 5.74) is -0.819. The number of hydrogen-bond acceptors (Lipinski definition) is 9. The Bertz CT molecular complexity index is 965. The molecule has 0 aliphatic heterocycles. The fourth-order valence-electron chi connectivity index (χ4n) is 2.22. The molecule has 0 bridgehead atoms. The quantitative estimate of drug-likeness (QED) is 0.280. The van der Waals surface area contributed by atoms with E-state index in [1.54, 1.807) is 0 Å². The molecule has 2 aromatic rings. The van der Waals surface area contributed by atoms with Crippen LogP contribution >= 0.6 is 0 Å². The Hall–Kier alpha value is -4.35. The number of carboxylic acid groups (broad SMARTS) is 1. The summed E-state index contributed by atoms with van der Waals surface area (Å²) < 4.78 is 0. The fraction of sp³-hybridized carbons (Fsp3) is 0.118. The molecule has 0 aliphatic rings. The van der Waals surface area contributed by atoms with E-state index < -0.39 is 70.4 Å². The zero-order valence-corrected chi connectivity index (χ0v) is 14.4. The molecule has 154 valence electrons. The molecule has 2 amide bonds. The first kappa shape index (κ1) is 21.0. The molecule has 0 aliphatic carbocycles. The van der Waals surface area contributed by atoms with Crippen molar-refractivity contribution in [1.29, 1.82) is 0 Å². The number of phenolic OH excluding ortho intramolecular Hbond substituents is 6. The zero-order valence-electron chi connectivity index (χ0n) is 14.4. The van der Waals surface area contributed by atoms with Crippen molar-refractivity contribution >= 4 is 17.8 Å². The van der Waals surface area contributed by atoms with E-state index in [1.807, 2.05) is 5.32 Å². The lowest BCUT2D eigenvalue weighted by Crippen LogP contribution is -2.48. The van der Waals surface area contributed by atoms with Gasteiger partial charge in [0.05, 0.1) is 5.56 Å². The summed E-state index contributed by atoms with van der Waals surface area (Å²) >= 11 is 0. The molecule has 2 rings (SSSR count). The van der Waals surface area contributed by atoms with E-state index in [-0.39, 0.29) is 5.56 Å². The summed E-state index contributed by atoms with van der Waals surface area (Å²) in [7, 11) is 0. The van der Waals surface area contributed by atoms with Crippen molar-refractivity contribution in [3.63, 3.8) is 0 Å². The number of carbonyl (C=O) groups is 3. The van der Waals surface area contributed by atoms with Crippen LogP contribution in [0.25, 0.3) is 0 Å². The first-order valence-corrected chi connectivity index (χ1v) is 7.83. The van der Waals surface area contributed by atoms with E-state index in [2.05, 4.69) is 5.32 Å². The highest BCUT2D eigenvalue weighted by Gasteiger charge is 2.24. The largest absolute Gasteiger partial charge is 0.504 e. The summed E-state index contributed by atoms with van der Waals surface area (Å²) in [5.74, 6) is -8.59. The number of carbonyl (C=O) groups excluding carboxylic acids is 2. The number of nitrogens with one attached hydrogen (secondary N) is 2. The van der Waals surface area contributed by atoms with E-state index in [1.165, 1.54) is 0 Å².